The number of nitrogens with one attached hydrogen (secondary N) is 2. The number of ether oxygens (including phenoxy) is 1. The highest BCUT2D eigenvalue weighted by Gasteiger charge is 2.29. The summed E-state index contributed by atoms with van der Waals surface area (Å²) in [7, 11) is 0. The highest BCUT2D eigenvalue weighted by atomic mass is 19.2. The van der Waals surface area contributed by atoms with Gasteiger partial charge in [0.1, 0.15) is 12.4 Å². The molecule has 28 heavy (non-hydrogen) atoms. The topological polar surface area (TPSA) is 70.7 Å². The van der Waals surface area contributed by atoms with E-state index in [0.717, 1.165) is 16.5 Å². The molecule has 2 aromatic rings. The Labute approximate surface area is 158 Å². The summed E-state index contributed by atoms with van der Waals surface area (Å²) >= 11 is 0. The monoisotopic (exact) mass is 391 g/mol. The van der Waals surface area contributed by atoms with Gasteiger partial charge in [0.2, 0.25) is 5.91 Å². The number of fused-ring (bicyclic) bond motifs is 2. The lowest BCUT2D eigenvalue weighted by Crippen LogP contribution is -2.46. The molecular weight excluding hydrogens is 375 g/mol. The quantitative estimate of drug-likeness (QED) is 0.845. The molecule has 2 N–H and O–H groups in total. The minimum absolute atomic E-state index is 0.0192. The lowest BCUT2D eigenvalue weighted by Gasteiger charge is -2.31. The fourth-order valence-corrected chi connectivity index (χ4v) is 3.40. The van der Waals surface area contributed by atoms with E-state index in [-0.39, 0.29) is 37.6 Å². The maximum Gasteiger partial charge on any atom is 0.322 e. The standard InChI is InChI=1S/C19H16F3N3O3/c20-11-1-2-12-10(5-11)8-28-9-16(12)23-17(26)7-25-6-13-15(24-19(25)27)4-3-14(21)18(13)22/h1-5,16H,6-9H2,(H,23,26)(H,24,27)/t16-/m1/s1. The molecule has 0 unspecified atom stereocenters. The van der Waals surface area contributed by atoms with Crippen molar-refractivity contribution in [3.05, 3.63) is 64.5 Å². The minimum Gasteiger partial charge on any atom is -0.374 e. The van der Waals surface area contributed by atoms with Gasteiger partial charge in [0, 0.05) is 5.56 Å². The van der Waals surface area contributed by atoms with Crippen LogP contribution in [0.3, 0.4) is 0 Å². The molecule has 9 heteroatoms. The van der Waals surface area contributed by atoms with E-state index in [1.54, 1.807) is 6.07 Å². The highest BCUT2D eigenvalue weighted by Crippen LogP contribution is 2.28. The van der Waals surface area contributed by atoms with Crippen LogP contribution in [0.2, 0.25) is 0 Å². The van der Waals surface area contributed by atoms with Crippen LogP contribution in [0.15, 0.2) is 30.3 Å². The average Bonchev–Trinajstić information content (AvgIpc) is 2.66. The zero-order valence-corrected chi connectivity index (χ0v) is 14.6. The fourth-order valence-electron chi connectivity index (χ4n) is 3.40. The van der Waals surface area contributed by atoms with Crippen molar-refractivity contribution in [1.82, 2.24) is 10.2 Å². The van der Waals surface area contributed by atoms with Gasteiger partial charge in [-0.15, -0.1) is 0 Å². The van der Waals surface area contributed by atoms with Crippen LogP contribution < -0.4 is 10.6 Å². The molecule has 4 rings (SSSR count). The number of carbonyl (C=O) groups is 2. The van der Waals surface area contributed by atoms with Crippen LogP contribution in [0.4, 0.5) is 23.7 Å². The fraction of sp³-hybridized carbons (Fsp3) is 0.263. The highest BCUT2D eigenvalue weighted by molar-refractivity contribution is 5.95. The number of carbonyl (C=O) groups excluding carboxylic acids is 2. The van der Waals surface area contributed by atoms with Crippen molar-refractivity contribution >= 4 is 17.6 Å². The Morgan fingerprint density at radius 2 is 2.07 bits per heavy atom. The maximum atomic E-state index is 14.0. The number of rotatable bonds is 3. The van der Waals surface area contributed by atoms with Crippen molar-refractivity contribution in [3.63, 3.8) is 0 Å². The van der Waals surface area contributed by atoms with Gasteiger partial charge in [0.05, 0.1) is 31.5 Å². The number of halogens is 3. The lowest BCUT2D eigenvalue weighted by molar-refractivity contribution is -0.123. The molecular formula is C19H16F3N3O3. The molecule has 0 fully saturated rings. The van der Waals surface area contributed by atoms with Gasteiger partial charge in [-0.05, 0) is 35.4 Å². The van der Waals surface area contributed by atoms with E-state index in [2.05, 4.69) is 10.6 Å². The first-order valence-electron chi connectivity index (χ1n) is 8.60. The van der Waals surface area contributed by atoms with Crippen molar-refractivity contribution in [1.29, 1.82) is 0 Å². The molecule has 0 saturated heterocycles. The Hall–Kier alpha value is -3.07. The Balaban J connectivity index is 1.46. The first-order chi connectivity index (χ1) is 13.4. The predicted molar refractivity (Wildman–Crippen MR) is 92.7 cm³/mol. The summed E-state index contributed by atoms with van der Waals surface area (Å²) in [4.78, 5) is 25.7. The number of urea groups is 1. The van der Waals surface area contributed by atoms with Gasteiger partial charge in [-0.3, -0.25) is 4.79 Å². The summed E-state index contributed by atoms with van der Waals surface area (Å²) in [5.74, 6) is -2.98. The van der Waals surface area contributed by atoms with Crippen molar-refractivity contribution in [2.45, 2.75) is 19.2 Å². The van der Waals surface area contributed by atoms with E-state index in [1.165, 1.54) is 18.2 Å². The summed E-state index contributed by atoms with van der Waals surface area (Å²) in [6.45, 7) is -0.135. The van der Waals surface area contributed by atoms with Crippen LogP contribution >= 0.6 is 0 Å². The van der Waals surface area contributed by atoms with Gasteiger partial charge in [-0.1, -0.05) is 6.07 Å². The second-order valence-corrected chi connectivity index (χ2v) is 6.65. The first kappa shape index (κ1) is 18.3. The van der Waals surface area contributed by atoms with Crippen molar-refractivity contribution in [2.75, 3.05) is 18.5 Å². The molecule has 2 heterocycles. The van der Waals surface area contributed by atoms with Gasteiger partial charge >= 0.3 is 6.03 Å². The number of benzene rings is 2. The molecule has 0 saturated carbocycles. The molecule has 2 aliphatic rings. The molecule has 0 bridgehead atoms. The smallest absolute Gasteiger partial charge is 0.322 e. The minimum atomic E-state index is -1.06. The van der Waals surface area contributed by atoms with E-state index in [1.807, 2.05) is 0 Å². The SMILES string of the molecule is O=C(CN1Cc2c(ccc(F)c2F)NC1=O)N[C@@H]1COCc2cc(F)ccc21. The van der Waals surface area contributed by atoms with Crippen LogP contribution in [0.25, 0.3) is 0 Å². The third kappa shape index (κ3) is 3.40. The third-order valence-electron chi connectivity index (χ3n) is 4.77. The number of amides is 3. The lowest BCUT2D eigenvalue weighted by atomic mass is 9.99. The van der Waals surface area contributed by atoms with Gasteiger partial charge in [0.25, 0.3) is 0 Å². The predicted octanol–water partition coefficient (Wildman–Crippen LogP) is 2.84. The number of hydrogen-bond acceptors (Lipinski definition) is 3. The van der Waals surface area contributed by atoms with Gasteiger partial charge in [-0.25, -0.2) is 18.0 Å². The molecule has 0 spiro atoms. The molecule has 0 radical (unpaired) electrons. The van der Waals surface area contributed by atoms with E-state index in [9.17, 15) is 22.8 Å². The zero-order chi connectivity index (χ0) is 19.8. The van der Waals surface area contributed by atoms with Crippen molar-refractivity contribution < 1.29 is 27.5 Å². The van der Waals surface area contributed by atoms with E-state index in [0.29, 0.717) is 5.56 Å². The van der Waals surface area contributed by atoms with E-state index in [4.69, 9.17) is 4.74 Å². The number of hydrogen-bond donors (Lipinski definition) is 2. The summed E-state index contributed by atoms with van der Waals surface area (Å²) < 4.78 is 46.2. The van der Waals surface area contributed by atoms with Crippen LogP contribution in [0.5, 0.6) is 0 Å². The van der Waals surface area contributed by atoms with Crippen LogP contribution in [-0.4, -0.2) is 30.0 Å². The molecule has 0 aromatic heterocycles. The molecule has 2 aliphatic heterocycles. The average molecular weight is 391 g/mol. The van der Waals surface area contributed by atoms with E-state index < -0.39 is 35.4 Å². The first-order valence-corrected chi connectivity index (χ1v) is 8.60. The van der Waals surface area contributed by atoms with E-state index >= 15 is 0 Å². The van der Waals surface area contributed by atoms with Gasteiger partial charge in [0.15, 0.2) is 11.6 Å². The Morgan fingerprint density at radius 1 is 1.25 bits per heavy atom. The number of anilines is 1. The molecule has 0 aliphatic carbocycles. The summed E-state index contributed by atoms with van der Waals surface area (Å²) in [5, 5.41) is 5.18. The summed E-state index contributed by atoms with van der Waals surface area (Å²) in [6.07, 6.45) is 0. The molecule has 1 atom stereocenters. The van der Waals surface area contributed by atoms with Gasteiger partial charge < -0.3 is 20.3 Å². The van der Waals surface area contributed by atoms with Crippen LogP contribution in [0, 0.1) is 17.5 Å². The van der Waals surface area contributed by atoms with Crippen molar-refractivity contribution in [3.8, 4) is 0 Å². The zero-order valence-electron chi connectivity index (χ0n) is 14.6. The summed E-state index contributed by atoms with van der Waals surface area (Å²) in [6, 6.07) is 5.36. The second-order valence-electron chi connectivity index (χ2n) is 6.65. The Bertz CT molecular complexity index is 967. The normalized spacial score (nSPS) is 18.2. The molecule has 146 valence electrons. The van der Waals surface area contributed by atoms with Crippen molar-refractivity contribution in [2.24, 2.45) is 0 Å². The summed E-state index contributed by atoms with van der Waals surface area (Å²) in [5.41, 5.74) is 1.53. The Morgan fingerprint density at radius 3 is 2.89 bits per heavy atom. The number of nitrogens with zero attached hydrogens (tertiary/aromatic N) is 1. The largest absolute Gasteiger partial charge is 0.374 e. The van der Waals surface area contributed by atoms with Crippen LogP contribution in [-0.2, 0) is 22.7 Å². The molecule has 3 amide bonds. The molecule has 2 aromatic carbocycles. The van der Waals surface area contributed by atoms with Crippen LogP contribution in [0.1, 0.15) is 22.7 Å². The Kier molecular flexibility index (Phi) is 4.68. The maximum absolute atomic E-state index is 14.0. The van der Waals surface area contributed by atoms with Gasteiger partial charge in [-0.2, -0.15) is 0 Å². The molecule has 6 nitrogen and oxygen atoms in total. The third-order valence-corrected chi connectivity index (χ3v) is 4.77. The second kappa shape index (κ2) is 7.16.